The van der Waals surface area contributed by atoms with Crippen LogP contribution in [0.5, 0.6) is 23.0 Å². The summed E-state index contributed by atoms with van der Waals surface area (Å²) in [6.45, 7) is 3.36. The van der Waals surface area contributed by atoms with Gasteiger partial charge in [0, 0.05) is 37.3 Å². The summed E-state index contributed by atoms with van der Waals surface area (Å²) in [4.78, 5) is 0.0841. The average molecular weight is 515 g/mol. The number of sulfonamides is 2. The quantitative estimate of drug-likeness (QED) is 0.527. The molecule has 0 spiro atoms. The Bertz CT molecular complexity index is 1240. The van der Waals surface area contributed by atoms with Crippen molar-refractivity contribution in [3.63, 3.8) is 0 Å². The van der Waals surface area contributed by atoms with E-state index in [2.05, 4.69) is 0 Å². The van der Waals surface area contributed by atoms with Crippen LogP contribution in [0.2, 0.25) is 0 Å². The van der Waals surface area contributed by atoms with Crippen LogP contribution in [0.4, 0.5) is 0 Å². The number of rotatable bonds is 8. The molecule has 0 amide bonds. The zero-order valence-corrected chi connectivity index (χ0v) is 21.6. The topological polar surface area (TPSA) is 112 Å². The molecular weight excluding hydrogens is 484 g/mol. The highest BCUT2D eigenvalue weighted by atomic mass is 32.2. The maximum absolute atomic E-state index is 13.5. The molecule has 2 aromatic rings. The van der Waals surface area contributed by atoms with E-state index >= 15 is 0 Å². The third-order valence-electron chi connectivity index (χ3n) is 5.73. The predicted molar refractivity (Wildman–Crippen MR) is 126 cm³/mol. The summed E-state index contributed by atoms with van der Waals surface area (Å²) in [5, 5.41) is 0. The van der Waals surface area contributed by atoms with E-state index in [0.717, 1.165) is 0 Å². The predicted octanol–water partition coefficient (Wildman–Crippen LogP) is 2.19. The molecule has 34 heavy (non-hydrogen) atoms. The molecule has 3 rings (SSSR count). The number of benzene rings is 2. The number of piperazine rings is 1. The van der Waals surface area contributed by atoms with Crippen molar-refractivity contribution in [1.82, 2.24) is 8.61 Å². The standard InChI is InChI=1S/C22H30N2O8S2/c1-15-13-23(33(25,26)17-7-9-19(29-3)21(11-17)31-5)14-16(2)24(15)34(27,28)18-8-10-20(30-4)22(12-18)32-6/h7-12,15-16H,13-14H2,1-6H3/t15-,16-/m1/s1. The third-order valence-corrected chi connectivity index (χ3v) is 9.68. The first-order valence-corrected chi connectivity index (χ1v) is 13.4. The van der Waals surface area contributed by atoms with Crippen molar-refractivity contribution in [3.8, 4) is 23.0 Å². The van der Waals surface area contributed by atoms with E-state index in [0.29, 0.717) is 23.0 Å². The fourth-order valence-corrected chi connectivity index (χ4v) is 7.59. The van der Waals surface area contributed by atoms with Crippen molar-refractivity contribution in [2.75, 3.05) is 41.5 Å². The number of hydrogen-bond acceptors (Lipinski definition) is 8. The molecule has 1 fully saturated rings. The number of nitrogens with zero attached hydrogens (tertiary/aromatic N) is 2. The van der Waals surface area contributed by atoms with Gasteiger partial charge in [-0.1, -0.05) is 0 Å². The Morgan fingerprint density at radius 2 is 1.03 bits per heavy atom. The highest BCUT2D eigenvalue weighted by Gasteiger charge is 2.42. The summed E-state index contributed by atoms with van der Waals surface area (Å²) < 4.78 is 77.2. The number of methoxy groups -OCH3 is 4. The van der Waals surface area contributed by atoms with Crippen molar-refractivity contribution in [3.05, 3.63) is 36.4 Å². The van der Waals surface area contributed by atoms with Gasteiger partial charge in [0.15, 0.2) is 23.0 Å². The van der Waals surface area contributed by atoms with E-state index in [9.17, 15) is 16.8 Å². The lowest BCUT2D eigenvalue weighted by molar-refractivity contribution is 0.159. The van der Waals surface area contributed by atoms with Gasteiger partial charge >= 0.3 is 0 Å². The molecule has 0 saturated carbocycles. The van der Waals surface area contributed by atoms with Gasteiger partial charge in [-0.2, -0.15) is 8.61 Å². The Labute approximate surface area is 201 Å². The molecule has 0 radical (unpaired) electrons. The van der Waals surface area contributed by atoms with Crippen molar-refractivity contribution < 1.29 is 35.8 Å². The molecule has 0 aromatic heterocycles. The molecule has 1 aliphatic rings. The summed E-state index contributed by atoms with van der Waals surface area (Å²) in [5.41, 5.74) is 0. The van der Waals surface area contributed by atoms with Crippen LogP contribution < -0.4 is 18.9 Å². The second-order valence-electron chi connectivity index (χ2n) is 7.89. The lowest BCUT2D eigenvalue weighted by atomic mass is 10.2. The van der Waals surface area contributed by atoms with Crippen LogP contribution in [0.25, 0.3) is 0 Å². The average Bonchev–Trinajstić information content (AvgIpc) is 2.82. The summed E-state index contributed by atoms with van der Waals surface area (Å²) >= 11 is 0. The largest absolute Gasteiger partial charge is 0.493 e. The zero-order valence-electron chi connectivity index (χ0n) is 20.0. The van der Waals surface area contributed by atoms with Gasteiger partial charge in [0.2, 0.25) is 20.0 Å². The molecule has 1 heterocycles. The molecular formula is C22H30N2O8S2. The molecule has 12 heteroatoms. The lowest BCUT2D eigenvalue weighted by Crippen LogP contribution is -2.59. The first-order chi connectivity index (χ1) is 16.0. The Morgan fingerprint density at radius 3 is 1.41 bits per heavy atom. The summed E-state index contributed by atoms with van der Waals surface area (Å²) in [6, 6.07) is 7.52. The van der Waals surface area contributed by atoms with Gasteiger partial charge < -0.3 is 18.9 Å². The fourth-order valence-electron chi connectivity index (χ4n) is 4.15. The molecule has 1 saturated heterocycles. The second-order valence-corrected chi connectivity index (χ2v) is 11.7. The smallest absolute Gasteiger partial charge is 0.243 e. The van der Waals surface area contributed by atoms with Gasteiger partial charge in [-0.15, -0.1) is 0 Å². The molecule has 0 aliphatic carbocycles. The van der Waals surface area contributed by atoms with E-state index in [4.69, 9.17) is 18.9 Å². The van der Waals surface area contributed by atoms with Crippen LogP contribution in [0.3, 0.4) is 0 Å². The highest BCUT2D eigenvalue weighted by molar-refractivity contribution is 7.89. The molecule has 188 valence electrons. The Morgan fingerprint density at radius 1 is 0.647 bits per heavy atom. The fraction of sp³-hybridized carbons (Fsp3) is 0.455. The van der Waals surface area contributed by atoms with Crippen molar-refractivity contribution in [2.24, 2.45) is 0 Å². The molecule has 0 unspecified atom stereocenters. The first kappa shape index (κ1) is 26.1. The zero-order chi connectivity index (χ0) is 25.3. The minimum absolute atomic E-state index is 0.00641. The van der Waals surface area contributed by atoms with Crippen LogP contribution in [0.15, 0.2) is 46.2 Å². The monoisotopic (exact) mass is 514 g/mol. The van der Waals surface area contributed by atoms with E-state index in [1.54, 1.807) is 13.8 Å². The van der Waals surface area contributed by atoms with Gasteiger partial charge in [-0.25, -0.2) is 16.8 Å². The molecule has 2 aromatic carbocycles. The number of ether oxygens (including phenoxy) is 4. The Balaban J connectivity index is 1.91. The highest BCUT2D eigenvalue weighted by Crippen LogP contribution is 2.35. The van der Waals surface area contributed by atoms with Crippen LogP contribution in [-0.2, 0) is 20.0 Å². The van der Waals surface area contributed by atoms with E-state index in [1.807, 2.05) is 0 Å². The Hall–Kier alpha value is -2.54. The lowest BCUT2D eigenvalue weighted by Gasteiger charge is -2.42. The van der Waals surface area contributed by atoms with E-state index in [-0.39, 0.29) is 22.9 Å². The minimum Gasteiger partial charge on any atom is -0.493 e. The van der Waals surface area contributed by atoms with Gasteiger partial charge in [0.1, 0.15) is 0 Å². The van der Waals surface area contributed by atoms with Gasteiger partial charge in [-0.3, -0.25) is 0 Å². The maximum atomic E-state index is 13.5. The van der Waals surface area contributed by atoms with Crippen LogP contribution >= 0.6 is 0 Å². The minimum atomic E-state index is -3.93. The van der Waals surface area contributed by atoms with Gasteiger partial charge in [-0.05, 0) is 38.1 Å². The summed E-state index contributed by atoms with van der Waals surface area (Å²) in [5.74, 6) is 1.40. The van der Waals surface area contributed by atoms with Crippen LogP contribution in [0.1, 0.15) is 13.8 Å². The SMILES string of the molecule is COc1ccc(S(=O)(=O)N2C[C@@H](C)N(S(=O)(=O)c3ccc(OC)c(OC)c3)[C@H](C)C2)cc1OC. The van der Waals surface area contributed by atoms with Crippen molar-refractivity contribution >= 4 is 20.0 Å². The summed E-state index contributed by atoms with van der Waals surface area (Å²) in [7, 11) is -2.04. The van der Waals surface area contributed by atoms with Crippen LogP contribution in [-0.4, -0.2) is 79.1 Å². The molecule has 0 bridgehead atoms. The molecule has 10 nitrogen and oxygen atoms in total. The molecule has 0 N–H and O–H groups in total. The van der Waals surface area contributed by atoms with Crippen molar-refractivity contribution in [1.29, 1.82) is 0 Å². The first-order valence-electron chi connectivity index (χ1n) is 10.5. The molecule has 2 atom stereocenters. The maximum Gasteiger partial charge on any atom is 0.243 e. The summed E-state index contributed by atoms with van der Waals surface area (Å²) in [6.07, 6.45) is 0. The van der Waals surface area contributed by atoms with Crippen molar-refractivity contribution in [2.45, 2.75) is 35.7 Å². The van der Waals surface area contributed by atoms with Crippen LogP contribution in [0, 0.1) is 0 Å². The normalized spacial score (nSPS) is 20.1. The third kappa shape index (κ3) is 4.67. The van der Waals surface area contributed by atoms with Gasteiger partial charge in [0.05, 0.1) is 38.2 Å². The Kier molecular flexibility index (Phi) is 7.65. The van der Waals surface area contributed by atoms with Gasteiger partial charge in [0.25, 0.3) is 0 Å². The number of hydrogen-bond donors (Lipinski definition) is 0. The second kappa shape index (κ2) is 9.98. The van der Waals surface area contributed by atoms with E-state index in [1.165, 1.54) is 73.4 Å². The molecule has 1 aliphatic heterocycles. The van der Waals surface area contributed by atoms with E-state index < -0.39 is 32.1 Å².